The average molecular weight is 330 g/mol. The number of aromatic nitrogens is 1. The van der Waals surface area contributed by atoms with E-state index in [1.54, 1.807) is 38.4 Å². The molecule has 1 atom stereocenters. The lowest BCUT2D eigenvalue weighted by molar-refractivity contribution is 0.0933. The Labute approximate surface area is 141 Å². The summed E-state index contributed by atoms with van der Waals surface area (Å²) < 4.78 is 16.2. The standard InChI is InChI=1S/C18H22N2O4/c1-6-7-13-8-14(9-15(22-4)16(13)23-5)17(21)20-12(3)18-19-10-11(2)24-18/h6,8-10,12H,1,7H2,2-5H3,(H,20,21)/t12-/m0/s1. The number of carbonyl (C=O) groups excluding carboxylic acids is 1. The second-order valence-electron chi connectivity index (χ2n) is 5.37. The normalized spacial score (nSPS) is 11.7. The molecule has 0 aliphatic carbocycles. The van der Waals surface area contributed by atoms with Gasteiger partial charge >= 0.3 is 0 Å². The summed E-state index contributed by atoms with van der Waals surface area (Å²) in [5, 5.41) is 2.87. The Morgan fingerprint density at radius 1 is 1.42 bits per heavy atom. The minimum Gasteiger partial charge on any atom is -0.493 e. The zero-order valence-electron chi connectivity index (χ0n) is 14.4. The molecule has 0 spiro atoms. The number of methoxy groups -OCH3 is 2. The number of amides is 1. The number of benzene rings is 1. The second kappa shape index (κ2) is 7.68. The molecule has 6 nitrogen and oxygen atoms in total. The molecule has 128 valence electrons. The largest absolute Gasteiger partial charge is 0.493 e. The van der Waals surface area contributed by atoms with Crippen LogP contribution in [0, 0.1) is 6.92 Å². The minimum absolute atomic E-state index is 0.246. The predicted octanol–water partition coefficient (Wildman–Crippen LogP) is 3.22. The maximum atomic E-state index is 12.6. The molecule has 0 fully saturated rings. The van der Waals surface area contributed by atoms with Crippen LogP contribution in [0.3, 0.4) is 0 Å². The lowest BCUT2D eigenvalue weighted by Crippen LogP contribution is -2.27. The molecule has 2 rings (SSSR count). The topological polar surface area (TPSA) is 73.6 Å². The van der Waals surface area contributed by atoms with Crippen LogP contribution in [0.1, 0.15) is 40.5 Å². The second-order valence-corrected chi connectivity index (χ2v) is 5.37. The van der Waals surface area contributed by atoms with E-state index in [1.165, 1.54) is 7.11 Å². The Bertz CT molecular complexity index is 737. The number of hydrogen-bond donors (Lipinski definition) is 1. The van der Waals surface area contributed by atoms with E-state index in [2.05, 4.69) is 16.9 Å². The lowest BCUT2D eigenvalue weighted by atomic mass is 10.0. The molecule has 1 N–H and O–H groups in total. The Morgan fingerprint density at radius 3 is 2.71 bits per heavy atom. The van der Waals surface area contributed by atoms with Crippen LogP contribution in [0.15, 0.2) is 35.4 Å². The number of nitrogens with zero attached hydrogens (tertiary/aromatic N) is 1. The third-order valence-electron chi connectivity index (χ3n) is 3.54. The number of rotatable bonds is 7. The van der Waals surface area contributed by atoms with Gasteiger partial charge in [-0.2, -0.15) is 0 Å². The number of aryl methyl sites for hydroxylation is 1. The summed E-state index contributed by atoms with van der Waals surface area (Å²) in [7, 11) is 3.10. The maximum absolute atomic E-state index is 12.6. The highest BCUT2D eigenvalue weighted by atomic mass is 16.5. The summed E-state index contributed by atoms with van der Waals surface area (Å²) >= 11 is 0. The molecule has 0 radical (unpaired) electrons. The van der Waals surface area contributed by atoms with Gasteiger partial charge in [-0.15, -0.1) is 6.58 Å². The van der Waals surface area contributed by atoms with Crippen LogP contribution in [0.2, 0.25) is 0 Å². The zero-order chi connectivity index (χ0) is 17.7. The molecule has 6 heteroatoms. The summed E-state index contributed by atoms with van der Waals surface area (Å²) in [6.07, 6.45) is 3.93. The molecule has 0 saturated carbocycles. The van der Waals surface area contributed by atoms with Gasteiger partial charge in [-0.05, 0) is 32.4 Å². The third kappa shape index (κ3) is 3.76. The summed E-state index contributed by atoms with van der Waals surface area (Å²) in [5.41, 5.74) is 1.30. The van der Waals surface area contributed by atoms with E-state index in [0.29, 0.717) is 35.1 Å². The molecule has 0 aliphatic rings. The Morgan fingerprint density at radius 2 is 2.17 bits per heavy atom. The Balaban J connectivity index is 2.28. The SMILES string of the molecule is C=CCc1cc(C(=O)N[C@@H](C)c2ncc(C)o2)cc(OC)c1OC. The fourth-order valence-corrected chi connectivity index (χ4v) is 2.40. The van der Waals surface area contributed by atoms with Crippen LogP contribution in [-0.2, 0) is 6.42 Å². The van der Waals surface area contributed by atoms with Crippen molar-refractivity contribution >= 4 is 5.91 Å². The van der Waals surface area contributed by atoms with Crippen molar-refractivity contribution in [3.8, 4) is 11.5 Å². The Hall–Kier alpha value is -2.76. The summed E-state index contributed by atoms with van der Waals surface area (Å²) in [6, 6.07) is 3.07. The van der Waals surface area contributed by atoms with Gasteiger partial charge in [0, 0.05) is 11.1 Å². The van der Waals surface area contributed by atoms with Gasteiger partial charge in [0.2, 0.25) is 5.89 Å². The molecule has 0 bridgehead atoms. The van der Waals surface area contributed by atoms with E-state index in [9.17, 15) is 4.79 Å². The van der Waals surface area contributed by atoms with Crippen molar-refractivity contribution in [3.63, 3.8) is 0 Å². The van der Waals surface area contributed by atoms with Crippen LogP contribution < -0.4 is 14.8 Å². The van der Waals surface area contributed by atoms with Crippen molar-refractivity contribution in [1.82, 2.24) is 10.3 Å². The molecule has 24 heavy (non-hydrogen) atoms. The van der Waals surface area contributed by atoms with Crippen LogP contribution in [0.4, 0.5) is 0 Å². The first-order valence-corrected chi connectivity index (χ1v) is 7.59. The highest BCUT2D eigenvalue weighted by Crippen LogP contribution is 2.33. The summed E-state index contributed by atoms with van der Waals surface area (Å²) in [4.78, 5) is 16.7. The first-order chi connectivity index (χ1) is 11.5. The van der Waals surface area contributed by atoms with Crippen LogP contribution in [0.5, 0.6) is 11.5 Å². The van der Waals surface area contributed by atoms with E-state index < -0.39 is 0 Å². The van der Waals surface area contributed by atoms with Crippen LogP contribution in [0.25, 0.3) is 0 Å². The monoisotopic (exact) mass is 330 g/mol. The Kier molecular flexibility index (Phi) is 5.63. The van der Waals surface area contributed by atoms with Gasteiger partial charge in [0.05, 0.1) is 20.4 Å². The smallest absolute Gasteiger partial charge is 0.252 e. The van der Waals surface area contributed by atoms with Gasteiger partial charge in [-0.3, -0.25) is 4.79 Å². The van der Waals surface area contributed by atoms with Gasteiger partial charge in [0.1, 0.15) is 11.8 Å². The van der Waals surface area contributed by atoms with Crippen molar-refractivity contribution in [2.75, 3.05) is 14.2 Å². The fourth-order valence-electron chi connectivity index (χ4n) is 2.40. The van der Waals surface area contributed by atoms with Crippen molar-refractivity contribution in [2.45, 2.75) is 26.3 Å². The number of nitrogens with one attached hydrogen (secondary N) is 1. The lowest BCUT2D eigenvalue weighted by Gasteiger charge is -2.15. The number of oxazole rings is 1. The molecule has 1 heterocycles. The van der Waals surface area contributed by atoms with E-state index in [-0.39, 0.29) is 11.9 Å². The summed E-state index contributed by atoms with van der Waals surface area (Å²) in [6.45, 7) is 7.35. The number of hydrogen-bond acceptors (Lipinski definition) is 5. The van der Waals surface area contributed by atoms with Gasteiger partial charge < -0.3 is 19.2 Å². The van der Waals surface area contributed by atoms with Gasteiger partial charge in [-0.1, -0.05) is 6.08 Å². The maximum Gasteiger partial charge on any atom is 0.252 e. The van der Waals surface area contributed by atoms with E-state index >= 15 is 0 Å². The first kappa shape index (κ1) is 17.6. The van der Waals surface area contributed by atoms with Crippen molar-refractivity contribution in [2.24, 2.45) is 0 Å². The fraction of sp³-hybridized carbons (Fsp3) is 0.333. The van der Waals surface area contributed by atoms with E-state index in [1.807, 2.05) is 6.92 Å². The molecule has 1 amide bonds. The highest BCUT2D eigenvalue weighted by molar-refractivity contribution is 5.95. The van der Waals surface area contributed by atoms with Crippen molar-refractivity contribution < 1.29 is 18.7 Å². The average Bonchev–Trinajstić information content (AvgIpc) is 3.00. The molecular weight excluding hydrogens is 308 g/mol. The number of carbonyl (C=O) groups is 1. The number of allylic oxidation sites excluding steroid dienone is 1. The summed E-state index contributed by atoms with van der Waals surface area (Å²) in [5.74, 6) is 2.02. The molecule has 2 aromatic rings. The van der Waals surface area contributed by atoms with E-state index in [4.69, 9.17) is 13.9 Å². The first-order valence-electron chi connectivity index (χ1n) is 7.59. The molecular formula is C18H22N2O4. The quantitative estimate of drug-likeness (QED) is 0.789. The molecule has 1 aromatic heterocycles. The predicted molar refractivity (Wildman–Crippen MR) is 90.6 cm³/mol. The minimum atomic E-state index is -0.345. The van der Waals surface area contributed by atoms with Gasteiger partial charge in [-0.25, -0.2) is 4.98 Å². The van der Waals surface area contributed by atoms with Crippen LogP contribution in [-0.4, -0.2) is 25.1 Å². The van der Waals surface area contributed by atoms with E-state index in [0.717, 1.165) is 5.56 Å². The van der Waals surface area contributed by atoms with Crippen LogP contribution >= 0.6 is 0 Å². The van der Waals surface area contributed by atoms with Crippen molar-refractivity contribution in [3.05, 3.63) is 53.8 Å². The third-order valence-corrected chi connectivity index (χ3v) is 3.54. The van der Waals surface area contributed by atoms with Gasteiger partial charge in [0.15, 0.2) is 11.5 Å². The molecule has 0 unspecified atom stereocenters. The van der Waals surface area contributed by atoms with Crippen molar-refractivity contribution in [1.29, 1.82) is 0 Å². The highest BCUT2D eigenvalue weighted by Gasteiger charge is 2.19. The number of ether oxygens (including phenoxy) is 2. The molecule has 1 aromatic carbocycles. The molecule has 0 saturated heterocycles. The zero-order valence-corrected chi connectivity index (χ0v) is 14.4. The molecule has 0 aliphatic heterocycles. The van der Waals surface area contributed by atoms with Gasteiger partial charge in [0.25, 0.3) is 5.91 Å².